The zero-order valence-corrected chi connectivity index (χ0v) is 23.0. The van der Waals surface area contributed by atoms with Gasteiger partial charge < -0.3 is 24.3 Å². The smallest absolute Gasteiger partial charge is 0.270 e. The number of ether oxygens (including phenoxy) is 4. The van der Waals surface area contributed by atoms with E-state index in [0.29, 0.717) is 36.3 Å². The van der Waals surface area contributed by atoms with Gasteiger partial charge in [0.1, 0.15) is 17.2 Å². The average Bonchev–Trinajstić information content (AvgIpc) is 3.55. The maximum Gasteiger partial charge on any atom is 0.270 e. The second-order valence-corrected chi connectivity index (χ2v) is 10.1. The molecule has 13 heteroatoms. The number of rotatable bonds is 14. The van der Waals surface area contributed by atoms with E-state index in [1.807, 2.05) is 41.4 Å². The van der Waals surface area contributed by atoms with Crippen LogP contribution in [0.4, 0.5) is 5.82 Å². The maximum absolute atomic E-state index is 13.4. The van der Waals surface area contributed by atoms with Gasteiger partial charge in [-0.3, -0.25) is 14.5 Å². The first kappa shape index (κ1) is 28.0. The topological polar surface area (TPSA) is 142 Å². The zero-order valence-electron chi connectivity index (χ0n) is 22.2. The van der Waals surface area contributed by atoms with Gasteiger partial charge in [-0.1, -0.05) is 18.2 Å². The lowest BCUT2D eigenvalue weighted by Gasteiger charge is -2.14. The SMILES string of the molecule is COC/C=C/CNCc1cnn(Cc2cc(OC)c3c(NS(=O)(=O)c4c(OC)cccc4OC)n[nH]c3c2)c1. The molecule has 0 unspecified atom stereocenters. The lowest BCUT2D eigenvalue weighted by molar-refractivity contribution is 0.233. The van der Waals surface area contributed by atoms with Crippen LogP contribution in [0.5, 0.6) is 17.2 Å². The normalized spacial score (nSPS) is 11.8. The molecule has 0 bridgehead atoms. The molecule has 0 saturated carbocycles. The van der Waals surface area contributed by atoms with Crippen molar-refractivity contribution >= 4 is 26.7 Å². The molecule has 2 aromatic heterocycles. The number of hydrogen-bond acceptors (Lipinski definition) is 9. The van der Waals surface area contributed by atoms with Crippen LogP contribution < -0.4 is 24.2 Å². The number of aromatic amines is 1. The van der Waals surface area contributed by atoms with E-state index in [1.54, 1.807) is 25.3 Å². The van der Waals surface area contributed by atoms with Crippen LogP contribution in [0.3, 0.4) is 0 Å². The van der Waals surface area contributed by atoms with Crippen molar-refractivity contribution in [1.82, 2.24) is 25.3 Å². The van der Waals surface area contributed by atoms with E-state index in [2.05, 4.69) is 25.3 Å². The van der Waals surface area contributed by atoms with Crippen LogP contribution in [0, 0.1) is 0 Å². The van der Waals surface area contributed by atoms with Gasteiger partial charge in [0.2, 0.25) is 0 Å². The van der Waals surface area contributed by atoms with E-state index in [9.17, 15) is 8.42 Å². The Labute approximate surface area is 227 Å². The number of methoxy groups -OCH3 is 4. The van der Waals surface area contributed by atoms with Gasteiger partial charge in [0.25, 0.3) is 10.0 Å². The van der Waals surface area contributed by atoms with Crippen molar-refractivity contribution in [3.05, 3.63) is 66.0 Å². The molecular weight excluding hydrogens is 524 g/mol. The summed E-state index contributed by atoms with van der Waals surface area (Å²) in [5.74, 6) is 0.839. The minimum absolute atomic E-state index is 0.0911. The molecule has 0 aliphatic rings. The maximum atomic E-state index is 13.4. The molecular formula is C26H32N6O6S. The van der Waals surface area contributed by atoms with Crippen molar-refractivity contribution < 1.29 is 27.4 Å². The molecule has 3 N–H and O–H groups in total. The van der Waals surface area contributed by atoms with Gasteiger partial charge in [-0.15, -0.1) is 0 Å². The van der Waals surface area contributed by atoms with E-state index in [-0.39, 0.29) is 22.2 Å². The fourth-order valence-corrected chi connectivity index (χ4v) is 5.42. The Balaban J connectivity index is 1.54. The molecule has 2 heterocycles. The van der Waals surface area contributed by atoms with Gasteiger partial charge in [-0.25, -0.2) is 8.42 Å². The number of benzene rings is 2. The molecule has 208 valence electrons. The van der Waals surface area contributed by atoms with E-state index in [4.69, 9.17) is 18.9 Å². The lowest BCUT2D eigenvalue weighted by Crippen LogP contribution is -2.16. The molecule has 0 radical (unpaired) electrons. The molecule has 0 aliphatic carbocycles. The summed E-state index contributed by atoms with van der Waals surface area (Å²) >= 11 is 0. The molecule has 0 amide bonds. The second-order valence-electron chi connectivity index (χ2n) is 8.49. The predicted octanol–water partition coefficient (Wildman–Crippen LogP) is 2.93. The molecule has 0 saturated heterocycles. The molecule has 12 nitrogen and oxygen atoms in total. The van der Waals surface area contributed by atoms with Crippen molar-refractivity contribution in [2.45, 2.75) is 18.0 Å². The molecule has 4 rings (SSSR count). The van der Waals surface area contributed by atoms with E-state index >= 15 is 0 Å². The number of H-pyrrole nitrogens is 1. The summed E-state index contributed by atoms with van der Waals surface area (Å²) in [4.78, 5) is -0.128. The molecule has 4 aromatic rings. The van der Waals surface area contributed by atoms with Crippen molar-refractivity contribution in [1.29, 1.82) is 0 Å². The summed E-state index contributed by atoms with van der Waals surface area (Å²) in [5.41, 5.74) is 2.55. The largest absolute Gasteiger partial charge is 0.496 e. The number of hydrogen-bond donors (Lipinski definition) is 3. The second kappa shape index (κ2) is 12.7. The summed E-state index contributed by atoms with van der Waals surface area (Å²) in [6.45, 7) is 2.49. The van der Waals surface area contributed by atoms with E-state index < -0.39 is 10.0 Å². The number of anilines is 1. The minimum Gasteiger partial charge on any atom is -0.496 e. The molecule has 0 aliphatic heterocycles. The Morgan fingerprint density at radius 2 is 1.74 bits per heavy atom. The zero-order chi connectivity index (χ0) is 27.8. The first-order chi connectivity index (χ1) is 18.9. The Morgan fingerprint density at radius 1 is 1.00 bits per heavy atom. The van der Waals surface area contributed by atoms with Crippen LogP contribution in [-0.2, 0) is 27.8 Å². The fraction of sp³-hybridized carbons (Fsp3) is 0.308. The number of nitrogens with zero attached hydrogens (tertiary/aromatic N) is 3. The van der Waals surface area contributed by atoms with Crippen LogP contribution in [0.1, 0.15) is 11.1 Å². The molecule has 39 heavy (non-hydrogen) atoms. The predicted molar refractivity (Wildman–Crippen MR) is 147 cm³/mol. The summed E-state index contributed by atoms with van der Waals surface area (Å²) < 4.78 is 52.2. The van der Waals surface area contributed by atoms with Crippen molar-refractivity contribution in [3.8, 4) is 17.2 Å². The van der Waals surface area contributed by atoms with E-state index in [0.717, 1.165) is 17.7 Å². The minimum atomic E-state index is -4.12. The highest BCUT2D eigenvalue weighted by Gasteiger charge is 2.27. The van der Waals surface area contributed by atoms with Crippen LogP contribution in [-0.4, -0.2) is 70.0 Å². The Bertz CT molecular complexity index is 1520. The van der Waals surface area contributed by atoms with Crippen molar-refractivity contribution in [3.63, 3.8) is 0 Å². The van der Waals surface area contributed by atoms with E-state index in [1.165, 1.54) is 21.3 Å². The highest BCUT2D eigenvalue weighted by molar-refractivity contribution is 7.93. The third kappa shape index (κ3) is 6.50. The lowest BCUT2D eigenvalue weighted by atomic mass is 10.1. The Morgan fingerprint density at radius 3 is 2.44 bits per heavy atom. The van der Waals surface area contributed by atoms with Crippen molar-refractivity contribution in [2.75, 3.05) is 46.3 Å². The monoisotopic (exact) mass is 556 g/mol. The highest BCUT2D eigenvalue weighted by Crippen LogP contribution is 2.37. The summed E-state index contributed by atoms with van der Waals surface area (Å²) in [5, 5.41) is 15.4. The van der Waals surface area contributed by atoms with Gasteiger partial charge >= 0.3 is 0 Å². The quantitative estimate of drug-likeness (QED) is 0.158. The van der Waals surface area contributed by atoms with Crippen LogP contribution in [0.15, 0.2) is 59.8 Å². The summed E-state index contributed by atoms with van der Waals surface area (Å²) in [6, 6.07) is 8.45. The van der Waals surface area contributed by atoms with Crippen LogP contribution in [0.2, 0.25) is 0 Å². The third-order valence-electron chi connectivity index (χ3n) is 5.84. The van der Waals surface area contributed by atoms with Crippen LogP contribution in [0.25, 0.3) is 10.9 Å². The van der Waals surface area contributed by atoms with Crippen molar-refractivity contribution in [2.24, 2.45) is 0 Å². The van der Waals surface area contributed by atoms with Gasteiger partial charge in [0.15, 0.2) is 10.7 Å². The molecule has 0 atom stereocenters. The third-order valence-corrected chi connectivity index (χ3v) is 7.24. The van der Waals surface area contributed by atoms with Gasteiger partial charge in [0.05, 0.1) is 51.6 Å². The van der Waals surface area contributed by atoms with Crippen LogP contribution >= 0.6 is 0 Å². The average molecular weight is 557 g/mol. The number of nitrogens with one attached hydrogen (secondary N) is 3. The van der Waals surface area contributed by atoms with Gasteiger partial charge in [0, 0.05) is 32.0 Å². The molecule has 0 spiro atoms. The fourth-order valence-electron chi connectivity index (χ4n) is 4.08. The number of fused-ring (bicyclic) bond motifs is 1. The number of sulfonamides is 1. The first-order valence-electron chi connectivity index (χ1n) is 12.0. The number of aromatic nitrogens is 4. The highest BCUT2D eigenvalue weighted by atomic mass is 32.2. The summed E-state index contributed by atoms with van der Waals surface area (Å²) in [7, 11) is 1.84. The molecule has 0 fully saturated rings. The first-order valence-corrected chi connectivity index (χ1v) is 13.5. The standard InChI is InChI=1S/C26H32N6O6S/c1-35-11-6-5-10-27-14-19-15-28-32(17-19)16-18-12-20-24(23(13-18)38-4)26(30-29-20)31-39(33,34)25-21(36-2)8-7-9-22(25)37-3/h5-9,12-13,15,17,27H,10-11,14,16H2,1-4H3,(H2,29,30,31)/b6-5+. The molecule has 2 aromatic carbocycles. The Hall–Kier alpha value is -4.07. The Kier molecular flexibility index (Phi) is 9.07. The van der Waals surface area contributed by atoms with Gasteiger partial charge in [-0.2, -0.15) is 10.2 Å². The van der Waals surface area contributed by atoms with Gasteiger partial charge in [-0.05, 0) is 29.8 Å². The summed E-state index contributed by atoms with van der Waals surface area (Å²) in [6.07, 6.45) is 7.76.